The van der Waals surface area contributed by atoms with Crippen LogP contribution in [0, 0.1) is 20.4 Å². The van der Waals surface area contributed by atoms with E-state index in [0.717, 1.165) is 43.0 Å². The van der Waals surface area contributed by atoms with Crippen molar-refractivity contribution in [2.24, 2.45) is 0 Å². The number of alkyl halides is 3. The highest BCUT2D eigenvalue weighted by Gasteiger charge is 2.34. The number of hydrogen-bond donors (Lipinski definition) is 1. The van der Waals surface area contributed by atoms with Gasteiger partial charge in [-0.2, -0.15) is 13.2 Å². The largest absolute Gasteiger partial charge is 0.417 e. The van der Waals surface area contributed by atoms with Crippen LogP contribution in [-0.4, -0.2) is 22.5 Å². The predicted molar refractivity (Wildman–Crippen MR) is 115 cm³/mol. The van der Waals surface area contributed by atoms with Crippen LogP contribution in [0.25, 0.3) is 21.7 Å². The smallest absolute Gasteiger partial charge is 0.369 e. The van der Waals surface area contributed by atoms with Gasteiger partial charge in [0.05, 0.1) is 5.56 Å². The molecule has 3 rings (SSSR count). The van der Waals surface area contributed by atoms with Crippen LogP contribution in [0.3, 0.4) is 0 Å². The van der Waals surface area contributed by atoms with E-state index in [2.05, 4.69) is 15.1 Å². The summed E-state index contributed by atoms with van der Waals surface area (Å²) >= 11 is 0. The third-order valence-electron chi connectivity index (χ3n) is 5.04. The minimum absolute atomic E-state index is 0.0813. The summed E-state index contributed by atoms with van der Waals surface area (Å²) < 4.78 is 42.8. The van der Waals surface area contributed by atoms with Gasteiger partial charge >= 0.3 is 6.18 Å². The fraction of sp³-hybridized carbons (Fsp3) is 0.391. The number of anilines is 1. The number of aromatic nitrogens is 2. The zero-order valence-corrected chi connectivity index (χ0v) is 17.3. The Balaban J connectivity index is 1.98. The monoisotopic (exact) mass is 415 g/mol. The van der Waals surface area contributed by atoms with E-state index in [1.807, 2.05) is 30.4 Å². The van der Waals surface area contributed by atoms with Crippen LogP contribution in [0.4, 0.5) is 19.0 Å². The molecule has 0 bridgehead atoms. The molecule has 1 N–H and O–H groups in total. The first kappa shape index (κ1) is 21.7. The number of imidazole rings is 1. The van der Waals surface area contributed by atoms with Gasteiger partial charge in [-0.3, -0.25) is 4.40 Å². The minimum Gasteiger partial charge on any atom is -0.369 e. The molecule has 0 radical (unpaired) electrons. The number of aryl methyl sites for hydroxylation is 2. The third kappa shape index (κ3) is 4.76. The van der Waals surface area contributed by atoms with E-state index in [-0.39, 0.29) is 5.56 Å². The van der Waals surface area contributed by atoms with E-state index in [1.54, 1.807) is 6.07 Å². The van der Waals surface area contributed by atoms with Gasteiger partial charge in [0.25, 0.3) is 13.1 Å². The van der Waals surface area contributed by atoms with Crippen molar-refractivity contribution >= 4 is 11.5 Å². The molecule has 0 aliphatic heterocycles. The molecule has 7 heteroatoms. The fourth-order valence-electron chi connectivity index (χ4n) is 3.71. The number of nitrogens with zero attached hydrogens (tertiary/aromatic N) is 3. The summed E-state index contributed by atoms with van der Waals surface area (Å²) in [5, 5.41) is 3.35. The number of hydrogen-bond acceptors (Lipinski definition) is 2. The average molecular weight is 415 g/mol. The number of rotatable bonds is 8. The van der Waals surface area contributed by atoms with Crippen molar-refractivity contribution in [1.82, 2.24) is 9.38 Å². The maximum atomic E-state index is 13.6. The van der Waals surface area contributed by atoms with Gasteiger partial charge in [0.15, 0.2) is 0 Å². The van der Waals surface area contributed by atoms with Crippen molar-refractivity contribution in [2.75, 3.05) is 18.4 Å². The zero-order chi connectivity index (χ0) is 21.7. The summed E-state index contributed by atoms with van der Waals surface area (Å²) in [5.41, 5.74) is 2.28. The standard InChI is InChI=1S/C23H26F3N4/c1-16-14-17(2)30-20(15-16)29-21(18-10-6-7-11-19(18)23(24,25)26)22(30)28-13-9-5-4-8-12-27-3/h3,6-7,10-11,14-15,28H,4-5,8-9,12-13H2,1-2H3/q+1. The summed E-state index contributed by atoms with van der Waals surface area (Å²) in [5.74, 6) is 0.594. The molecule has 4 nitrogen and oxygen atoms in total. The van der Waals surface area contributed by atoms with Gasteiger partial charge in [-0.25, -0.2) is 4.98 Å². The van der Waals surface area contributed by atoms with Gasteiger partial charge in [-0.15, -0.1) is 0 Å². The molecule has 30 heavy (non-hydrogen) atoms. The Morgan fingerprint density at radius 1 is 1.07 bits per heavy atom. The third-order valence-corrected chi connectivity index (χ3v) is 5.04. The van der Waals surface area contributed by atoms with Crippen LogP contribution in [0.15, 0.2) is 36.4 Å². The van der Waals surface area contributed by atoms with E-state index >= 15 is 0 Å². The number of unbranched alkanes of at least 4 members (excludes halogenated alkanes) is 3. The predicted octanol–water partition coefficient (Wildman–Crippen LogP) is 6.57. The minimum atomic E-state index is -4.46. The number of pyridine rings is 1. The van der Waals surface area contributed by atoms with Crippen LogP contribution < -0.4 is 5.32 Å². The van der Waals surface area contributed by atoms with Gasteiger partial charge in [-0.05, 0) is 50.5 Å². The van der Waals surface area contributed by atoms with E-state index in [4.69, 9.17) is 6.57 Å². The lowest BCUT2D eigenvalue weighted by Crippen LogP contribution is -2.09. The number of fused-ring (bicyclic) bond motifs is 1. The van der Waals surface area contributed by atoms with Crippen molar-refractivity contribution in [2.45, 2.75) is 45.7 Å². The SMILES string of the molecule is C#[N+]CCCCCCNc1c(-c2ccccc2C(F)(F)F)nc2cc(C)cc(C)n12. The Morgan fingerprint density at radius 3 is 2.53 bits per heavy atom. The molecular weight excluding hydrogens is 389 g/mol. The van der Waals surface area contributed by atoms with Crippen molar-refractivity contribution in [3.8, 4) is 17.8 Å². The summed E-state index contributed by atoms with van der Waals surface area (Å²) in [4.78, 5) is 8.19. The van der Waals surface area contributed by atoms with Gasteiger partial charge in [0, 0.05) is 24.2 Å². The molecule has 0 saturated heterocycles. The van der Waals surface area contributed by atoms with Crippen LogP contribution in [0.5, 0.6) is 0 Å². The molecule has 3 aromatic rings. The number of halogens is 3. The molecule has 158 valence electrons. The highest BCUT2D eigenvalue weighted by Crippen LogP contribution is 2.39. The molecule has 0 unspecified atom stereocenters. The zero-order valence-electron chi connectivity index (χ0n) is 17.3. The highest BCUT2D eigenvalue weighted by molar-refractivity contribution is 5.79. The number of benzene rings is 1. The molecule has 0 atom stereocenters. The number of nitrogens with one attached hydrogen (secondary N) is 1. The molecular formula is C23H26F3N4+. The van der Waals surface area contributed by atoms with Gasteiger partial charge in [0.2, 0.25) is 0 Å². The summed E-state index contributed by atoms with van der Waals surface area (Å²) in [6.07, 6.45) is -0.621. The molecule has 0 spiro atoms. The van der Waals surface area contributed by atoms with E-state index < -0.39 is 11.7 Å². The molecule has 0 aliphatic carbocycles. The molecule has 0 saturated carbocycles. The second-order valence-corrected chi connectivity index (χ2v) is 7.47. The molecule has 0 amide bonds. The maximum absolute atomic E-state index is 13.6. The Labute approximate surface area is 174 Å². The average Bonchev–Trinajstić information content (AvgIpc) is 3.05. The van der Waals surface area contributed by atoms with Gasteiger partial charge in [-0.1, -0.05) is 29.5 Å². The molecule has 2 aromatic heterocycles. The summed E-state index contributed by atoms with van der Waals surface area (Å²) in [6.45, 7) is 10.3. The second kappa shape index (κ2) is 9.21. The maximum Gasteiger partial charge on any atom is 0.417 e. The van der Waals surface area contributed by atoms with Crippen molar-refractivity contribution in [3.63, 3.8) is 0 Å². The van der Waals surface area contributed by atoms with E-state index in [9.17, 15) is 13.2 Å². The van der Waals surface area contributed by atoms with Crippen LogP contribution >= 0.6 is 0 Å². The topological polar surface area (TPSA) is 33.7 Å². The van der Waals surface area contributed by atoms with Crippen LogP contribution in [0.1, 0.15) is 42.5 Å². The lowest BCUT2D eigenvalue weighted by atomic mass is 10.0. The Morgan fingerprint density at radius 2 is 1.80 bits per heavy atom. The Kier molecular flexibility index (Phi) is 6.66. The van der Waals surface area contributed by atoms with Crippen LogP contribution in [0.2, 0.25) is 0 Å². The Hall–Kier alpha value is -3.01. The first-order valence-electron chi connectivity index (χ1n) is 10.1. The lowest BCUT2D eigenvalue weighted by molar-refractivity contribution is -0.137. The summed E-state index contributed by atoms with van der Waals surface area (Å²) in [7, 11) is 0. The van der Waals surface area contributed by atoms with Gasteiger partial charge < -0.3 is 5.32 Å². The molecule has 1 aromatic carbocycles. The molecule has 2 heterocycles. The Bertz CT molecular complexity index is 1060. The van der Waals surface area contributed by atoms with Crippen molar-refractivity contribution in [3.05, 3.63) is 58.1 Å². The summed E-state index contributed by atoms with van der Waals surface area (Å²) in [6, 6.07) is 9.47. The second-order valence-electron chi connectivity index (χ2n) is 7.47. The van der Waals surface area contributed by atoms with Gasteiger partial charge in [0.1, 0.15) is 17.2 Å². The van der Waals surface area contributed by atoms with E-state index in [0.29, 0.717) is 30.2 Å². The lowest BCUT2D eigenvalue weighted by Gasteiger charge is -2.14. The van der Waals surface area contributed by atoms with E-state index in [1.165, 1.54) is 12.1 Å². The first-order valence-corrected chi connectivity index (χ1v) is 10.1. The van der Waals surface area contributed by atoms with Crippen molar-refractivity contribution < 1.29 is 13.2 Å². The van der Waals surface area contributed by atoms with Crippen LogP contribution in [-0.2, 0) is 6.18 Å². The van der Waals surface area contributed by atoms with Crippen molar-refractivity contribution in [1.29, 1.82) is 0 Å². The highest BCUT2D eigenvalue weighted by atomic mass is 19.4. The normalized spacial score (nSPS) is 11.6. The quantitative estimate of drug-likeness (QED) is 0.422. The molecule has 0 fully saturated rings. The molecule has 0 aliphatic rings. The fourth-order valence-corrected chi connectivity index (χ4v) is 3.71. The first-order chi connectivity index (χ1) is 14.3.